The van der Waals surface area contributed by atoms with Crippen molar-refractivity contribution < 1.29 is 14.3 Å². The second kappa shape index (κ2) is 14.7. The number of methoxy groups -OCH3 is 1. The fraction of sp³-hybridized carbons (Fsp3) is 0.273. The smallest absolute Gasteiger partial charge is 0.227 e. The Morgan fingerprint density at radius 1 is 0.887 bits per heavy atom. The summed E-state index contributed by atoms with van der Waals surface area (Å²) >= 11 is 0. The number of carbonyl (C=O) groups is 2. The molecule has 0 radical (unpaired) electrons. The number of imidazole rings is 2. The Bertz CT molecular complexity index is 2430. The van der Waals surface area contributed by atoms with E-state index in [9.17, 15) is 9.59 Å². The van der Waals surface area contributed by atoms with Gasteiger partial charge in [-0.3, -0.25) is 9.59 Å². The number of ether oxygens (including phenoxy) is 1. The number of nitrogens with zero attached hydrogens (tertiary/aromatic N) is 4. The number of hydrogen-bond donors (Lipinski definition) is 2. The van der Waals surface area contributed by atoms with Crippen molar-refractivity contribution in [1.29, 1.82) is 0 Å². The molecule has 1 aliphatic heterocycles. The van der Waals surface area contributed by atoms with Crippen molar-refractivity contribution in [1.82, 2.24) is 29.7 Å². The van der Waals surface area contributed by atoms with Crippen LogP contribution in [0.5, 0.6) is 0 Å². The number of carbonyl (C=O) groups excluding carboxylic acids is 2. The average Bonchev–Trinajstić information content (AvgIpc) is 3.80. The Balaban J connectivity index is 0.985. The van der Waals surface area contributed by atoms with Gasteiger partial charge in [-0.2, -0.15) is 0 Å². The third-order valence-corrected chi connectivity index (χ3v) is 10.3. The number of fused-ring (bicyclic) bond motifs is 4. The molecule has 7 aromatic rings. The van der Waals surface area contributed by atoms with Gasteiger partial charge >= 0.3 is 0 Å². The van der Waals surface area contributed by atoms with Gasteiger partial charge in [0.05, 0.1) is 48.5 Å². The molecule has 0 bridgehead atoms. The summed E-state index contributed by atoms with van der Waals surface area (Å²) in [6, 6.07) is 33.7. The SMILES string of the molecule is COCCN(Cc1nc2c(ccc3cc(-c4ccc5cc(-c6cnc(C7CCN7C(=O)Cc7ccccc7)[nH]6)ccc5c4)ccc32)[nH]1)C(=O)CC(C)C. The first-order chi connectivity index (χ1) is 25.8. The maximum absolute atomic E-state index is 13.0. The summed E-state index contributed by atoms with van der Waals surface area (Å²) in [5.41, 5.74) is 7.17. The molecule has 268 valence electrons. The van der Waals surface area contributed by atoms with Crippen molar-refractivity contribution in [2.45, 2.75) is 45.7 Å². The Kier molecular flexibility index (Phi) is 9.50. The third kappa shape index (κ3) is 7.17. The predicted molar refractivity (Wildman–Crippen MR) is 210 cm³/mol. The maximum Gasteiger partial charge on any atom is 0.227 e. The van der Waals surface area contributed by atoms with Crippen molar-refractivity contribution in [3.8, 4) is 22.4 Å². The Hall–Kier alpha value is -5.80. The van der Waals surface area contributed by atoms with Crippen LogP contribution >= 0.6 is 0 Å². The Labute approximate surface area is 309 Å². The molecule has 1 unspecified atom stereocenters. The number of likely N-dealkylation sites (tertiary alicyclic amines) is 1. The minimum absolute atomic E-state index is 0.0159. The fourth-order valence-electron chi connectivity index (χ4n) is 7.35. The first-order valence-electron chi connectivity index (χ1n) is 18.4. The molecule has 9 nitrogen and oxygen atoms in total. The lowest BCUT2D eigenvalue weighted by Gasteiger charge is -2.39. The molecule has 0 spiro atoms. The molecule has 0 saturated carbocycles. The standard InChI is InChI=1S/C44H44N6O3/c1-28(2)21-41(51)49(19-20-53-3)27-40-46-37-16-14-34-24-33(13-15-36(34)43(37)48-40)30-9-10-32-25-35(12-11-31(32)23-30)38-26-45-44(47-38)39-17-18-50(39)42(52)22-29-7-5-4-6-8-29/h4-16,23-26,28,39H,17-22,27H2,1-3H3,(H,45,47)(H,46,48). The number of benzene rings is 5. The monoisotopic (exact) mass is 704 g/mol. The zero-order chi connectivity index (χ0) is 36.5. The van der Waals surface area contributed by atoms with Crippen LogP contribution in [0.1, 0.15) is 49.9 Å². The van der Waals surface area contributed by atoms with Crippen molar-refractivity contribution in [3.63, 3.8) is 0 Å². The van der Waals surface area contributed by atoms with Crippen LogP contribution in [0, 0.1) is 5.92 Å². The summed E-state index contributed by atoms with van der Waals surface area (Å²) in [5.74, 6) is 2.13. The van der Waals surface area contributed by atoms with E-state index in [0.29, 0.717) is 32.5 Å². The summed E-state index contributed by atoms with van der Waals surface area (Å²) in [6.07, 6.45) is 3.69. The molecular formula is C44H44N6O3. The van der Waals surface area contributed by atoms with E-state index in [2.05, 4.69) is 90.5 Å². The Morgan fingerprint density at radius 2 is 1.60 bits per heavy atom. The zero-order valence-electron chi connectivity index (χ0n) is 30.4. The summed E-state index contributed by atoms with van der Waals surface area (Å²) in [4.78, 5) is 46.3. The van der Waals surface area contributed by atoms with Crippen molar-refractivity contribution >= 4 is 44.4 Å². The molecule has 1 fully saturated rings. The van der Waals surface area contributed by atoms with Crippen LogP contribution in [0.2, 0.25) is 0 Å². The molecule has 2 amide bonds. The first-order valence-corrected chi connectivity index (χ1v) is 18.4. The predicted octanol–water partition coefficient (Wildman–Crippen LogP) is 8.46. The molecule has 8 rings (SSSR count). The van der Waals surface area contributed by atoms with Crippen LogP contribution in [-0.2, 0) is 27.3 Å². The fourth-order valence-corrected chi connectivity index (χ4v) is 7.35. The highest BCUT2D eigenvalue weighted by Gasteiger charge is 2.35. The highest BCUT2D eigenvalue weighted by molar-refractivity contribution is 6.05. The largest absolute Gasteiger partial charge is 0.383 e. The summed E-state index contributed by atoms with van der Waals surface area (Å²) in [7, 11) is 1.65. The van der Waals surface area contributed by atoms with E-state index in [1.165, 1.54) is 0 Å². The highest BCUT2D eigenvalue weighted by Crippen LogP contribution is 2.35. The van der Waals surface area contributed by atoms with E-state index in [1.807, 2.05) is 46.3 Å². The van der Waals surface area contributed by atoms with Crippen molar-refractivity contribution in [2.24, 2.45) is 5.92 Å². The number of aromatic nitrogens is 4. The van der Waals surface area contributed by atoms with Gasteiger partial charge in [0.15, 0.2) is 0 Å². The van der Waals surface area contributed by atoms with E-state index in [4.69, 9.17) is 14.7 Å². The van der Waals surface area contributed by atoms with Crippen LogP contribution in [0.15, 0.2) is 103 Å². The molecule has 2 aromatic heterocycles. The molecule has 2 N–H and O–H groups in total. The lowest BCUT2D eigenvalue weighted by Crippen LogP contribution is -2.46. The van der Waals surface area contributed by atoms with Gasteiger partial charge in [-0.25, -0.2) is 9.97 Å². The highest BCUT2D eigenvalue weighted by atomic mass is 16.5. The van der Waals surface area contributed by atoms with E-state index < -0.39 is 0 Å². The second-order valence-corrected chi connectivity index (χ2v) is 14.5. The number of nitrogens with one attached hydrogen (secondary N) is 2. The minimum Gasteiger partial charge on any atom is -0.383 e. The number of aromatic amines is 2. The van der Waals surface area contributed by atoms with Gasteiger partial charge in [0.2, 0.25) is 11.8 Å². The first kappa shape index (κ1) is 34.3. The van der Waals surface area contributed by atoms with E-state index >= 15 is 0 Å². The normalized spacial score (nSPS) is 14.3. The lowest BCUT2D eigenvalue weighted by molar-refractivity contribution is -0.138. The van der Waals surface area contributed by atoms with Crippen molar-refractivity contribution in [3.05, 3.63) is 120 Å². The summed E-state index contributed by atoms with van der Waals surface area (Å²) < 4.78 is 5.27. The van der Waals surface area contributed by atoms with Crippen LogP contribution in [0.4, 0.5) is 0 Å². The molecule has 53 heavy (non-hydrogen) atoms. The van der Waals surface area contributed by atoms with E-state index in [-0.39, 0.29) is 23.8 Å². The van der Waals surface area contributed by atoms with E-state index in [0.717, 1.165) is 85.1 Å². The van der Waals surface area contributed by atoms with Crippen LogP contribution in [0.25, 0.3) is 55.0 Å². The van der Waals surface area contributed by atoms with Crippen LogP contribution < -0.4 is 0 Å². The molecular weight excluding hydrogens is 661 g/mol. The zero-order valence-corrected chi connectivity index (χ0v) is 30.4. The van der Waals surface area contributed by atoms with Gasteiger partial charge in [-0.05, 0) is 69.5 Å². The molecule has 1 aliphatic rings. The number of amides is 2. The summed E-state index contributed by atoms with van der Waals surface area (Å²) in [6.45, 7) is 6.30. The number of hydrogen-bond acceptors (Lipinski definition) is 5. The van der Waals surface area contributed by atoms with Crippen LogP contribution in [-0.4, -0.2) is 68.4 Å². The van der Waals surface area contributed by atoms with Gasteiger partial charge in [-0.15, -0.1) is 0 Å². The third-order valence-electron chi connectivity index (χ3n) is 10.3. The number of H-pyrrole nitrogens is 2. The minimum atomic E-state index is -0.0159. The van der Waals surface area contributed by atoms with Gasteiger partial charge in [-0.1, -0.05) is 86.6 Å². The second-order valence-electron chi connectivity index (χ2n) is 14.5. The molecule has 3 heterocycles. The molecule has 0 aliphatic carbocycles. The van der Waals surface area contributed by atoms with Gasteiger partial charge in [0.1, 0.15) is 11.6 Å². The quantitative estimate of drug-likeness (QED) is 0.133. The summed E-state index contributed by atoms with van der Waals surface area (Å²) in [5, 5.41) is 4.47. The molecule has 1 saturated heterocycles. The molecule has 1 atom stereocenters. The number of rotatable bonds is 12. The van der Waals surface area contributed by atoms with E-state index in [1.54, 1.807) is 7.11 Å². The van der Waals surface area contributed by atoms with Crippen molar-refractivity contribution in [2.75, 3.05) is 26.8 Å². The van der Waals surface area contributed by atoms with Gasteiger partial charge in [0.25, 0.3) is 0 Å². The van der Waals surface area contributed by atoms with Crippen LogP contribution in [0.3, 0.4) is 0 Å². The molecule has 5 aromatic carbocycles. The van der Waals surface area contributed by atoms with Gasteiger partial charge < -0.3 is 24.5 Å². The van der Waals surface area contributed by atoms with Gasteiger partial charge in [0, 0.05) is 37.6 Å². The average molecular weight is 705 g/mol. The topological polar surface area (TPSA) is 107 Å². The Morgan fingerprint density at radius 3 is 2.34 bits per heavy atom. The maximum atomic E-state index is 13.0. The lowest BCUT2D eigenvalue weighted by atomic mass is 9.97. The molecule has 9 heteroatoms.